The number of carbonyl (C=O) groups excluding carboxylic acids is 1. The second kappa shape index (κ2) is 7.99. The van der Waals surface area contributed by atoms with Crippen LogP contribution >= 0.6 is 0 Å². The summed E-state index contributed by atoms with van der Waals surface area (Å²) in [5.74, 6) is 0.635. The summed E-state index contributed by atoms with van der Waals surface area (Å²) in [5.41, 5.74) is 0.779. The van der Waals surface area contributed by atoms with Crippen molar-refractivity contribution in [2.24, 2.45) is 13.0 Å². The van der Waals surface area contributed by atoms with Gasteiger partial charge in [-0.2, -0.15) is 5.10 Å². The molecule has 1 atom stereocenters. The zero-order chi connectivity index (χ0) is 17.8. The largest absolute Gasteiger partial charge is 0.370 e. The monoisotopic (exact) mass is 347 g/mol. The number of nitrogens with zero attached hydrogens (tertiary/aromatic N) is 5. The van der Waals surface area contributed by atoms with E-state index in [1.807, 2.05) is 4.90 Å². The van der Waals surface area contributed by atoms with Crippen molar-refractivity contribution in [2.45, 2.75) is 25.7 Å². The van der Waals surface area contributed by atoms with E-state index in [1.165, 1.54) is 4.68 Å². The first kappa shape index (κ1) is 17.9. The van der Waals surface area contributed by atoms with E-state index >= 15 is 0 Å². The average Bonchev–Trinajstić information content (AvgIpc) is 2.82. The molecule has 3 rings (SSSR count). The minimum Gasteiger partial charge on any atom is -0.370 e. The molecule has 0 saturated carbocycles. The highest BCUT2D eigenvalue weighted by Gasteiger charge is 2.26. The molecular formula is C18H29N5O2. The molecule has 1 aromatic heterocycles. The Morgan fingerprint density at radius 1 is 1.16 bits per heavy atom. The van der Waals surface area contributed by atoms with Gasteiger partial charge in [-0.15, -0.1) is 0 Å². The van der Waals surface area contributed by atoms with Gasteiger partial charge in [-0.05, 0) is 38.8 Å². The molecule has 0 spiro atoms. The van der Waals surface area contributed by atoms with E-state index in [1.54, 1.807) is 19.3 Å². The van der Waals surface area contributed by atoms with Gasteiger partial charge in [0.2, 0.25) is 5.91 Å². The van der Waals surface area contributed by atoms with Crippen LogP contribution in [-0.4, -0.2) is 71.8 Å². The molecule has 138 valence electrons. The van der Waals surface area contributed by atoms with Crippen LogP contribution in [0, 0.1) is 5.92 Å². The first-order valence-electron chi connectivity index (χ1n) is 9.27. The molecule has 7 heteroatoms. The quantitative estimate of drug-likeness (QED) is 0.799. The highest BCUT2D eigenvalue weighted by molar-refractivity contribution is 5.76. The number of amides is 1. The predicted octanol–water partition coefficient (Wildman–Crippen LogP) is 0.551. The predicted molar refractivity (Wildman–Crippen MR) is 97.7 cm³/mol. The number of anilines is 1. The Morgan fingerprint density at radius 2 is 2.00 bits per heavy atom. The van der Waals surface area contributed by atoms with Crippen LogP contribution in [0.25, 0.3) is 0 Å². The normalized spacial score (nSPS) is 22.7. The molecule has 1 amide bonds. The molecule has 0 bridgehead atoms. The molecule has 0 radical (unpaired) electrons. The standard InChI is InChI=1S/C18H29N5O2/c1-20-6-4-8-22(10-9-20)18(25)11-15-5-3-7-23(14-15)16-12-17(24)21(2)19-13-16/h12-13,15H,3-11,14H2,1-2H3. The first-order valence-corrected chi connectivity index (χ1v) is 9.27. The number of piperidine rings is 1. The molecule has 7 nitrogen and oxygen atoms in total. The maximum Gasteiger partial charge on any atom is 0.268 e. The number of hydrogen-bond acceptors (Lipinski definition) is 5. The molecule has 1 unspecified atom stereocenters. The average molecular weight is 347 g/mol. The lowest BCUT2D eigenvalue weighted by molar-refractivity contribution is -0.132. The minimum absolute atomic E-state index is 0.0932. The zero-order valence-corrected chi connectivity index (χ0v) is 15.4. The van der Waals surface area contributed by atoms with Crippen LogP contribution in [0.4, 0.5) is 5.69 Å². The Kier molecular flexibility index (Phi) is 5.73. The van der Waals surface area contributed by atoms with E-state index in [2.05, 4.69) is 21.9 Å². The fourth-order valence-corrected chi connectivity index (χ4v) is 3.77. The summed E-state index contributed by atoms with van der Waals surface area (Å²) in [5, 5.41) is 4.11. The van der Waals surface area contributed by atoms with Gasteiger partial charge >= 0.3 is 0 Å². The Bertz CT molecular complexity index is 659. The fraction of sp³-hybridized carbons (Fsp3) is 0.722. The van der Waals surface area contributed by atoms with Crippen molar-refractivity contribution in [1.82, 2.24) is 19.6 Å². The van der Waals surface area contributed by atoms with Crippen LogP contribution in [0.1, 0.15) is 25.7 Å². The second-order valence-corrected chi connectivity index (χ2v) is 7.37. The van der Waals surface area contributed by atoms with Crippen molar-refractivity contribution in [3.05, 3.63) is 22.6 Å². The summed E-state index contributed by atoms with van der Waals surface area (Å²) in [6, 6.07) is 1.64. The third-order valence-corrected chi connectivity index (χ3v) is 5.37. The van der Waals surface area contributed by atoms with Crippen molar-refractivity contribution < 1.29 is 4.79 Å². The van der Waals surface area contributed by atoms with Crippen LogP contribution in [0.2, 0.25) is 0 Å². The van der Waals surface area contributed by atoms with Crippen LogP contribution < -0.4 is 10.5 Å². The van der Waals surface area contributed by atoms with Crippen LogP contribution in [0.15, 0.2) is 17.1 Å². The van der Waals surface area contributed by atoms with Crippen molar-refractivity contribution in [3.8, 4) is 0 Å². The number of carbonyl (C=O) groups is 1. The maximum atomic E-state index is 12.7. The van der Waals surface area contributed by atoms with Crippen LogP contribution in [0.3, 0.4) is 0 Å². The van der Waals surface area contributed by atoms with Gasteiger partial charge in [-0.25, -0.2) is 4.68 Å². The molecule has 0 aliphatic carbocycles. The summed E-state index contributed by atoms with van der Waals surface area (Å²) in [4.78, 5) is 31.0. The lowest BCUT2D eigenvalue weighted by Gasteiger charge is -2.34. The van der Waals surface area contributed by atoms with Gasteiger partial charge in [0.05, 0.1) is 11.9 Å². The molecule has 2 aliphatic heterocycles. The molecule has 3 heterocycles. The Hall–Kier alpha value is -1.89. The van der Waals surface area contributed by atoms with E-state index < -0.39 is 0 Å². The lowest BCUT2D eigenvalue weighted by Crippen LogP contribution is -2.40. The van der Waals surface area contributed by atoms with Gasteiger partial charge in [0, 0.05) is 52.3 Å². The molecule has 0 N–H and O–H groups in total. The fourth-order valence-electron chi connectivity index (χ4n) is 3.77. The highest BCUT2D eigenvalue weighted by Crippen LogP contribution is 2.24. The summed E-state index contributed by atoms with van der Waals surface area (Å²) in [6.45, 7) is 5.49. The second-order valence-electron chi connectivity index (χ2n) is 7.37. The summed E-state index contributed by atoms with van der Waals surface area (Å²) in [7, 11) is 3.77. The van der Waals surface area contributed by atoms with E-state index in [0.29, 0.717) is 12.3 Å². The van der Waals surface area contributed by atoms with Gasteiger partial charge in [0.25, 0.3) is 5.56 Å². The van der Waals surface area contributed by atoms with Gasteiger partial charge in [-0.1, -0.05) is 0 Å². The van der Waals surface area contributed by atoms with E-state index in [9.17, 15) is 9.59 Å². The smallest absolute Gasteiger partial charge is 0.268 e. The molecule has 0 aromatic carbocycles. The van der Waals surface area contributed by atoms with E-state index in [4.69, 9.17) is 0 Å². The Balaban J connectivity index is 1.58. The number of aromatic nitrogens is 2. The first-order chi connectivity index (χ1) is 12.0. The number of rotatable bonds is 3. The summed E-state index contributed by atoms with van der Waals surface area (Å²) in [6.07, 6.45) is 5.54. The zero-order valence-electron chi connectivity index (χ0n) is 15.4. The molecule has 1 aromatic rings. The lowest BCUT2D eigenvalue weighted by atomic mass is 9.94. The summed E-state index contributed by atoms with van der Waals surface area (Å²) < 4.78 is 1.34. The third-order valence-electron chi connectivity index (χ3n) is 5.37. The highest BCUT2D eigenvalue weighted by atomic mass is 16.2. The van der Waals surface area contributed by atoms with Gasteiger partial charge in [0.15, 0.2) is 0 Å². The number of likely N-dealkylation sites (N-methyl/N-ethyl adjacent to an activating group) is 1. The van der Waals surface area contributed by atoms with E-state index in [0.717, 1.165) is 64.2 Å². The van der Waals surface area contributed by atoms with Gasteiger partial charge in [0.1, 0.15) is 0 Å². The SMILES string of the molecule is CN1CCCN(C(=O)CC2CCCN(c3cnn(C)c(=O)c3)C2)CC1. The minimum atomic E-state index is -0.0932. The molecular weight excluding hydrogens is 318 g/mol. The van der Waals surface area contributed by atoms with Crippen molar-refractivity contribution in [2.75, 3.05) is 51.2 Å². The molecule has 25 heavy (non-hydrogen) atoms. The maximum absolute atomic E-state index is 12.7. The van der Waals surface area contributed by atoms with Crippen molar-refractivity contribution in [3.63, 3.8) is 0 Å². The molecule has 2 aliphatic rings. The van der Waals surface area contributed by atoms with Crippen molar-refractivity contribution >= 4 is 11.6 Å². The third kappa shape index (κ3) is 4.60. The van der Waals surface area contributed by atoms with Crippen LogP contribution in [-0.2, 0) is 11.8 Å². The van der Waals surface area contributed by atoms with E-state index in [-0.39, 0.29) is 11.5 Å². The Labute approximate surface area is 149 Å². The number of hydrogen-bond donors (Lipinski definition) is 0. The topological polar surface area (TPSA) is 61.7 Å². The van der Waals surface area contributed by atoms with Gasteiger partial charge in [-0.3, -0.25) is 9.59 Å². The summed E-state index contributed by atoms with van der Waals surface area (Å²) >= 11 is 0. The molecule has 2 fully saturated rings. The number of aryl methyl sites for hydroxylation is 1. The Morgan fingerprint density at radius 3 is 2.80 bits per heavy atom. The van der Waals surface area contributed by atoms with Crippen LogP contribution in [0.5, 0.6) is 0 Å². The van der Waals surface area contributed by atoms with Gasteiger partial charge < -0.3 is 14.7 Å². The molecule has 2 saturated heterocycles. The van der Waals surface area contributed by atoms with Crippen molar-refractivity contribution in [1.29, 1.82) is 0 Å².